The largest absolute Gasteiger partial charge is 0.472 e. The number of nitrogens with two attached hydrogens (primary N) is 1. The highest BCUT2D eigenvalue weighted by atomic mass is 31.2. The summed E-state index contributed by atoms with van der Waals surface area (Å²) < 4.78 is 33.2. The van der Waals surface area contributed by atoms with Crippen molar-refractivity contribution in [2.75, 3.05) is 26.4 Å². The van der Waals surface area contributed by atoms with Gasteiger partial charge in [0.1, 0.15) is 6.61 Å². The molecular formula is C79H130NO8P. The van der Waals surface area contributed by atoms with Gasteiger partial charge in [0.05, 0.1) is 13.2 Å². The SMILES string of the molecule is CC/C=C\C/C=C\C/C=C\C/C=C\C/C=C\C/C=C\C/C=C\CCCCCCCCCCCCCCCCCCCCCC(=O)OC(COC(=O)CCCCCCC/C=C\C/C=C\C/C=C\C/C=C\C/C=C\C/C=C\C/C=C\CC)COP(=O)(O)OCCN. The van der Waals surface area contributed by atoms with Gasteiger partial charge in [-0.15, -0.1) is 0 Å². The Kier molecular flexibility index (Phi) is 68.7. The number of hydrogen-bond acceptors (Lipinski definition) is 8. The Morgan fingerprint density at radius 3 is 0.865 bits per heavy atom. The number of rotatable bonds is 65. The van der Waals surface area contributed by atoms with Crippen LogP contribution in [0.4, 0.5) is 0 Å². The number of carbonyl (C=O) groups is 2. The topological polar surface area (TPSA) is 134 Å². The van der Waals surface area contributed by atoms with Crippen LogP contribution in [0.15, 0.2) is 170 Å². The van der Waals surface area contributed by atoms with Crippen LogP contribution in [0.1, 0.15) is 284 Å². The standard InChI is InChI=1S/C79H130NO8P/c1-3-5-7-9-11-13-15-17-19-21-23-25-27-29-31-32-33-34-35-36-37-38-39-40-41-42-43-44-46-48-50-52-54-56-58-60-62-64-66-68-70-72-79(82)88-77(76-87-89(83,84)86-74-73-80)75-85-78(81)71-69-67-65-63-61-59-57-55-53-51-49-47-45-30-28-26-24-22-20-18-16-14-12-10-8-6-4-2/h5-8,11-14,17-20,23-26,29-31,33-34,36-37,45,49,51,55,57,77H,3-4,9-10,15-16,21-22,27-28,32,35,38-44,46-48,50,52-54,56,58-76,80H2,1-2H3,(H,83,84)/b7-5-,8-6-,13-11-,14-12-,19-17-,20-18-,25-23-,26-24-,31-29-,34-33-,37-36-,45-30-,51-49-,57-55-. The van der Waals surface area contributed by atoms with E-state index in [1.54, 1.807) is 0 Å². The molecule has 0 bridgehead atoms. The van der Waals surface area contributed by atoms with Crippen LogP contribution in [0.5, 0.6) is 0 Å². The van der Waals surface area contributed by atoms with Crippen LogP contribution in [-0.2, 0) is 32.7 Å². The number of carbonyl (C=O) groups excluding carboxylic acids is 2. The van der Waals surface area contributed by atoms with E-state index in [1.165, 1.54) is 103 Å². The number of allylic oxidation sites excluding steroid dienone is 28. The minimum absolute atomic E-state index is 0.0436. The Morgan fingerprint density at radius 1 is 0.337 bits per heavy atom. The Labute approximate surface area is 546 Å². The highest BCUT2D eigenvalue weighted by Gasteiger charge is 2.26. The van der Waals surface area contributed by atoms with Crippen LogP contribution in [0, 0.1) is 0 Å². The van der Waals surface area contributed by atoms with Crippen LogP contribution in [0.25, 0.3) is 0 Å². The van der Waals surface area contributed by atoms with Crippen LogP contribution >= 0.6 is 7.82 Å². The fourth-order valence-corrected chi connectivity index (χ4v) is 10.2. The molecule has 0 aromatic carbocycles. The van der Waals surface area contributed by atoms with E-state index in [0.717, 1.165) is 141 Å². The third kappa shape index (κ3) is 72.3. The Balaban J connectivity index is 3.91. The second-order valence-corrected chi connectivity index (χ2v) is 24.4. The number of phosphoric ester groups is 1. The fourth-order valence-electron chi connectivity index (χ4n) is 9.42. The molecule has 0 aromatic rings. The third-order valence-corrected chi connectivity index (χ3v) is 15.6. The first kappa shape index (κ1) is 84.4. The van der Waals surface area contributed by atoms with E-state index in [9.17, 15) is 19.0 Å². The molecule has 0 aliphatic carbocycles. The lowest BCUT2D eigenvalue weighted by molar-refractivity contribution is -0.161. The maximum Gasteiger partial charge on any atom is 0.472 e. The molecule has 0 saturated carbocycles. The zero-order chi connectivity index (χ0) is 64.4. The number of esters is 2. The highest BCUT2D eigenvalue weighted by Crippen LogP contribution is 2.43. The average Bonchev–Trinajstić information content (AvgIpc) is 3.58. The molecule has 3 N–H and O–H groups in total. The van der Waals surface area contributed by atoms with Gasteiger partial charge in [-0.1, -0.05) is 312 Å². The van der Waals surface area contributed by atoms with E-state index >= 15 is 0 Å². The van der Waals surface area contributed by atoms with E-state index in [4.69, 9.17) is 24.3 Å². The zero-order valence-corrected chi connectivity index (χ0v) is 57.5. The molecule has 0 aliphatic heterocycles. The molecule has 0 radical (unpaired) electrons. The maximum atomic E-state index is 12.8. The molecule has 0 rings (SSSR count). The minimum atomic E-state index is -4.41. The van der Waals surface area contributed by atoms with Gasteiger partial charge >= 0.3 is 19.8 Å². The summed E-state index contributed by atoms with van der Waals surface area (Å²) in [5, 5.41) is 0. The summed E-state index contributed by atoms with van der Waals surface area (Å²) in [6.07, 6.45) is 107. The highest BCUT2D eigenvalue weighted by molar-refractivity contribution is 7.47. The van der Waals surface area contributed by atoms with E-state index < -0.39 is 32.5 Å². The first-order valence-corrected chi connectivity index (χ1v) is 37.1. The molecular weight excluding hydrogens is 1120 g/mol. The van der Waals surface area contributed by atoms with Crippen molar-refractivity contribution >= 4 is 19.8 Å². The maximum absolute atomic E-state index is 12.8. The lowest BCUT2D eigenvalue weighted by Crippen LogP contribution is -2.29. The van der Waals surface area contributed by atoms with Crippen LogP contribution < -0.4 is 5.73 Å². The van der Waals surface area contributed by atoms with Gasteiger partial charge in [0.25, 0.3) is 0 Å². The molecule has 0 spiro atoms. The number of hydrogen-bond donors (Lipinski definition) is 2. The molecule has 0 heterocycles. The van der Waals surface area contributed by atoms with Gasteiger partial charge in [-0.05, 0) is 128 Å². The summed E-state index contributed by atoms with van der Waals surface area (Å²) in [5.41, 5.74) is 5.40. The molecule has 89 heavy (non-hydrogen) atoms. The average molecular weight is 1250 g/mol. The van der Waals surface area contributed by atoms with Crippen molar-refractivity contribution in [2.45, 2.75) is 290 Å². The van der Waals surface area contributed by atoms with Gasteiger partial charge in [-0.3, -0.25) is 18.6 Å². The normalized spacial score (nSPS) is 14.0. The van der Waals surface area contributed by atoms with Gasteiger partial charge in [0.15, 0.2) is 6.10 Å². The molecule has 504 valence electrons. The third-order valence-electron chi connectivity index (χ3n) is 14.6. The van der Waals surface area contributed by atoms with Crippen molar-refractivity contribution in [3.05, 3.63) is 170 Å². The van der Waals surface area contributed by atoms with E-state index in [-0.39, 0.29) is 32.6 Å². The lowest BCUT2D eigenvalue weighted by atomic mass is 10.0. The summed E-state index contributed by atoms with van der Waals surface area (Å²) in [6.45, 7) is 3.49. The first-order valence-electron chi connectivity index (χ1n) is 35.6. The first-order chi connectivity index (χ1) is 43.8. The molecule has 2 unspecified atom stereocenters. The fraction of sp³-hybridized carbons (Fsp3) is 0.620. The van der Waals surface area contributed by atoms with Crippen molar-refractivity contribution < 1.29 is 37.6 Å². The van der Waals surface area contributed by atoms with Gasteiger partial charge in [-0.25, -0.2) is 4.57 Å². The van der Waals surface area contributed by atoms with E-state index in [1.807, 2.05) is 0 Å². The molecule has 0 aromatic heterocycles. The number of ether oxygens (including phenoxy) is 2. The van der Waals surface area contributed by atoms with Gasteiger partial charge in [0.2, 0.25) is 0 Å². The van der Waals surface area contributed by atoms with Gasteiger partial charge in [-0.2, -0.15) is 0 Å². The predicted octanol–water partition coefficient (Wildman–Crippen LogP) is 23.7. The van der Waals surface area contributed by atoms with Crippen LogP contribution in [0.2, 0.25) is 0 Å². The molecule has 0 saturated heterocycles. The Morgan fingerprint density at radius 2 is 0.584 bits per heavy atom. The molecule has 9 nitrogen and oxygen atoms in total. The van der Waals surface area contributed by atoms with Crippen molar-refractivity contribution in [1.29, 1.82) is 0 Å². The van der Waals surface area contributed by atoms with Crippen LogP contribution in [-0.4, -0.2) is 49.3 Å². The minimum Gasteiger partial charge on any atom is -0.462 e. The predicted molar refractivity (Wildman–Crippen MR) is 385 cm³/mol. The van der Waals surface area contributed by atoms with Crippen molar-refractivity contribution in [2.24, 2.45) is 5.73 Å². The van der Waals surface area contributed by atoms with Gasteiger partial charge < -0.3 is 20.1 Å². The van der Waals surface area contributed by atoms with E-state index in [2.05, 4.69) is 184 Å². The smallest absolute Gasteiger partial charge is 0.462 e. The Hall–Kier alpha value is -4.63. The number of phosphoric acid groups is 1. The lowest BCUT2D eigenvalue weighted by Gasteiger charge is -2.19. The summed E-state index contributed by atoms with van der Waals surface area (Å²) in [4.78, 5) is 35.4. The number of unbranched alkanes of at least 4 members (excludes halogenated alkanes) is 24. The van der Waals surface area contributed by atoms with Crippen molar-refractivity contribution in [3.8, 4) is 0 Å². The molecule has 2 atom stereocenters. The zero-order valence-electron chi connectivity index (χ0n) is 56.6. The molecule has 10 heteroatoms. The monoisotopic (exact) mass is 1250 g/mol. The quantitative estimate of drug-likeness (QED) is 0.0264. The molecule has 0 amide bonds. The van der Waals surface area contributed by atoms with Crippen molar-refractivity contribution in [1.82, 2.24) is 0 Å². The van der Waals surface area contributed by atoms with Crippen molar-refractivity contribution in [3.63, 3.8) is 0 Å². The summed E-state index contributed by atoms with van der Waals surface area (Å²) in [5.74, 6) is -0.853. The summed E-state index contributed by atoms with van der Waals surface area (Å²) >= 11 is 0. The summed E-state index contributed by atoms with van der Waals surface area (Å²) in [6, 6.07) is 0. The van der Waals surface area contributed by atoms with E-state index in [0.29, 0.717) is 12.8 Å². The second-order valence-electron chi connectivity index (χ2n) is 23.0. The molecule has 0 aliphatic rings. The Bertz CT molecular complexity index is 2070. The molecule has 0 fully saturated rings. The van der Waals surface area contributed by atoms with Gasteiger partial charge in [0, 0.05) is 19.4 Å². The second kappa shape index (κ2) is 72.4. The summed E-state index contributed by atoms with van der Waals surface area (Å²) in [7, 11) is -4.41. The van der Waals surface area contributed by atoms with Crippen LogP contribution in [0.3, 0.4) is 0 Å².